The molecule has 24 heavy (non-hydrogen) atoms. The largest absolute Gasteiger partial charge is 0.290 e. The van der Waals surface area contributed by atoms with E-state index in [-0.39, 0.29) is 0 Å². The van der Waals surface area contributed by atoms with Crippen LogP contribution in [0, 0.1) is 11.8 Å². The lowest BCUT2D eigenvalue weighted by atomic mass is 10.0. The Bertz CT molecular complexity index is 476. The maximum atomic E-state index is 3.59. The fourth-order valence-electron chi connectivity index (χ4n) is 3.56. The Morgan fingerprint density at radius 1 is 0.875 bits per heavy atom. The van der Waals surface area contributed by atoms with Crippen molar-refractivity contribution in [3.8, 4) is 11.8 Å². The van der Waals surface area contributed by atoms with Crippen molar-refractivity contribution in [2.45, 2.75) is 83.6 Å². The van der Waals surface area contributed by atoms with Gasteiger partial charge >= 0.3 is 0 Å². The molecule has 1 unspecified atom stereocenters. The number of benzene rings is 1. The van der Waals surface area contributed by atoms with Gasteiger partial charge in [-0.05, 0) is 44.5 Å². The molecule has 1 saturated heterocycles. The maximum Gasteiger partial charge on any atom is 0.0718 e. The standard InChI is InChI=1S/C23H35N/c1-2-3-4-5-6-7-12-17-23(24-20-13-9-14-21-24)19-18-22-15-10-8-11-16-22/h8,10-11,15-16,23H,2-7,9,12-14,17,20-21H2,1H3. The summed E-state index contributed by atoms with van der Waals surface area (Å²) < 4.78 is 0. The second-order valence-electron chi connectivity index (χ2n) is 7.16. The lowest BCUT2D eigenvalue weighted by Crippen LogP contribution is -2.38. The molecule has 1 aromatic rings. The van der Waals surface area contributed by atoms with Gasteiger partial charge in [-0.1, -0.05) is 88.3 Å². The highest BCUT2D eigenvalue weighted by Gasteiger charge is 2.18. The molecule has 0 amide bonds. The first-order chi connectivity index (χ1) is 11.9. The van der Waals surface area contributed by atoms with Crippen LogP contribution in [0.15, 0.2) is 30.3 Å². The fourth-order valence-corrected chi connectivity index (χ4v) is 3.56. The van der Waals surface area contributed by atoms with Crippen molar-refractivity contribution in [3.63, 3.8) is 0 Å². The molecule has 0 saturated carbocycles. The molecular formula is C23H35N. The third kappa shape index (κ3) is 7.54. The highest BCUT2D eigenvalue weighted by atomic mass is 15.2. The first-order valence-corrected chi connectivity index (χ1v) is 10.2. The summed E-state index contributed by atoms with van der Waals surface area (Å²) in [6.07, 6.45) is 15.0. The van der Waals surface area contributed by atoms with Crippen molar-refractivity contribution >= 4 is 0 Å². The van der Waals surface area contributed by atoms with Crippen LogP contribution in [0.2, 0.25) is 0 Å². The molecule has 1 atom stereocenters. The monoisotopic (exact) mass is 325 g/mol. The number of hydrogen-bond acceptors (Lipinski definition) is 1. The van der Waals surface area contributed by atoms with Crippen molar-refractivity contribution in [1.82, 2.24) is 4.90 Å². The van der Waals surface area contributed by atoms with Crippen molar-refractivity contribution in [2.75, 3.05) is 13.1 Å². The summed E-state index contributed by atoms with van der Waals surface area (Å²) in [5.41, 5.74) is 1.15. The summed E-state index contributed by atoms with van der Waals surface area (Å²) in [6, 6.07) is 10.9. The minimum Gasteiger partial charge on any atom is -0.290 e. The van der Waals surface area contributed by atoms with Crippen LogP contribution in [-0.4, -0.2) is 24.0 Å². The van der Waals surface area contributed by atoms with Crippen molar-refractivity contribution in [1.29, 1.82) is 0 Å². The first-order valence-electron chi connectivity index (χ1n) is 10.2. The molecule has 1 heteroatoms. The Labute approximate surface area is 149 Å². The number of hydrogen-bond donors (Lipinski definition) is 0. The van der Waals surface area contributed by atoms with Gasteiger partial charge in [0.05, 0.1) is 6.04 Å². The quantitative estimate of drug-likeness (QED) is 0.395. The van der Waals surface area contributed by atoms with Crippen molar-refractivity contribution in [3.05, 3.63) is 35.9 Å². The van der Waals surface area contributed by atoms with Crippen LogP contribution in [-0.2, 0) is 0 Å². The molecule has 1 nitrogen and oxygen atoms in total. The van der Waals surface area contributed by atoms with Gasteiger partial charge in [0, 0.05) is 5.56 Å². The highest BCUT2D eigenvalue weighted by Crippen LogP contribution is 2.17. The Hall–Kier alpha value is -1.26. The molecule has 0 spiro atoms. The molecule has 1 aliphatic heterocycles. The summed E-state index contributed by atoms with van der Waals surface area (Å²) in [5.74, 6) is 7.01. The Morgan fingerprint density at radius 3 is 2.25 bits per heavy atom. The summed E-state index contributed by atoms with van der Waals surface area (Å²) in [5, 5.41) is 0. The van der Waals surface area contributed by atoms with E-state index in [0.29, 0.717) is 6.04 Å². The third-order valence-corrected chi connectivity index (χ3v) is 5.07. The molecule has 2 rings (SSSR count). The van der Waals surface area contributed by atoms with E-state index < -0.39 is 0 Å². The number of nitrogens with zero attached hydrogens (tertiary/aromatic N) is 1. The van der Waals surface area contributed by atoms with E-state index in [4.69, 9.17) is 0 Å². The predicted octanol–water partition coefficient (Wildman–Crippen LogP) is 6.03. The molecule has 132 valence electrons. The Morgan fingerprint density at radius 2 is 1.54 bits per heavy atom. The molecule has 1 aromatic carbocycles. The Balaban J connectivity index is 1.81. The molecular weight excluding hydrogens is 290 g/mol. The lowest BCUT2D eigenvalue weighted by Gasteiger charge is -2.31. The SMILES string of the molecule is CCCCCCCCCC(C#Cc1ccccc1)N1CCCCC1. The summed E-state index contributed by atoms with van der Waals surface area (Å²) in [6.45, 7) is 4.77. The average molecular weight is 326 g/mol. The first kappa shape index (κ1) is 19.1. The molecule has 0 aliphatic carbocycles. The van der Waals surface area contributed by atoms with Gasteiger partial charge in [-0.15, -0.1) is 0 Å². The number of rotatable bonds is 9. The van der Waals surface area contributed by atoms with Crippen LogP contribution in [0.5, 0.6) is 0 Å². The van der Waals surface area contributed by atoms with Crippen LogP contribution < -0.4 is 0 Å². The number of likely N-dealkylation sites (tertiary alicyclic amines) is 1. The van der Waals surface area contributed by atoms with Crippen LogP contribution in [0.1, 0.15) is 83.1 Å². The van der Waals surface area contributed by atoms with Crippen molar-refractivity contribution < 1.29 is 0 Å². The van der Waals surface area contributed by atoms with Crippen molar-refractivity contribution in [2.24, 2.45) is 0 Å². The zero-order valence-corrected chi connectivity index (χ0v) is 15.6. The van der Waals surface area contributed by atoms with E-state index >= 15 is 0 Å². The molecule has 0 aromatic heterocycles. The van der Waals surface area contributed by atoms with Gasteiger partial charge in [-0.3, -0.25) is 4.90 Å². The Kier molecular flexibility index (Phi) is 9.66. The van der Waals surface area contributed by atoms with E-state index in [1.54, 1.807) is 0 Å². The summed E-state index contributed by atoms with van der Waals surface area (Å²) in [7, 11) is 0. The van der Waals surface area contributed by atoms with Gasteiger partial charge in [-0.2, -0.15) is 0 Å². The van der Waals surface area contributed by atoms with E-state index in [0.717, 1.165) is 5.56 Å². The predicted molar refractivity (Wildman–Crippen MR) is 105 cm³/mol. The van der Waals surface area contributed by atoms with Gasteiger partial charge in [-0.25, -0.2) is 0 Å². The smallest absolute Gasteiger partial charge is 0.0718 e. The molecule has 0 bridgehead atoms. The topological polar surface area (TPSA) is 3.24 Å². The third-order valence-electron chi connectivity index (χ3n) is 5.07. The van der Waals surface area contributed by atoms with Crippen LogP contribution >= 0.6 is 0 Å². The number of piperidine rings is 1. The molecule has 0 N–H and O–H groups in total. The molecule has 1 aliphatic rings. The second kappa shape index (κ2) is 12.2. The second-order valence-corrected chi connectivity index (χ2v) is 7.16. The van der Waals surface area contributed by atoms with E-state index in [1.807, 2.05) is 0 Å². The van der Waals surface area contributed by atoms with Crippen LogP contribution in [0.25, 0.3) is 0 Å². The van der Waals surface area contributed by atoms with Gasteiger partial charge in [0.1, 0.15) is 0 Å². The summed E-state index contributed by atoms with van der Waals surface area (Å²) >= 11 is 0. The molecule has 1 fully saturated rings. The molecule has 0 radical (unpaired) electrons. The van der Waals surface area contributed by atoms with Gasteiger partial charge in [0.25, 0.3) is 0 Å². The minimum atomic E-state index is 0.459. The van der Waals surface area contributed by atoms with Gasteiger partial charge in [0.15, 0.2) is 0 Å². The normalized spacial score (nSPS) is 16.4. The van der Waals surface area contributed by atoms with Gasteiger partial charge < -0.3 is 0 Å². The number of unbranched alkanes of at least 4 members (excludes halogenated alkanes) is 6. The van der Waals surface area contributed by atoms with Gasteiger partial charge in [0.2, 0.25) is 0 Å². The van der Waals surface area contributed by atoms with E-state index in [2.05, 4.69) is 54.0 Å². The highest BCUT2D eigenvalue weighted by molar-refractivity contribution is 5.34. The minimum absolute atomic E-state index is 0.459. The molecule has 1 heterocycles. The zero-order chi connectivity index (χ0) is 16.9. The zero-order valence-electron chi connectivity index (χ0n) is 15.6. The van der Waals surface area contributed by atoms with Crippen LogP contribution in [0.4, 0.5) is 0 Å². The fraction of sp³-hybridized carbons (Fsp3) is 0.652. The van der Waals surface area contributed by atoms with E-state index in [9.17, 15) is 0 Å². The summed E-state index contributed by atoms with van der Waals surface area (Å²) in [4.78, 5) is 2.64. The van der Waals surface area contributed by atoms with E-state index in [1.165, 1.54) is 83.7 Å². The van der Waals surface area contributed by atoms with Crippen LogP contribution in [0.3, 0.4) is 0 Å². The lowest BCUT2D eigenvalue weighted by molar-refractivity contribution is 0.186. The maximum absolute atomic E-state index is 3.59. The average Bonchev–Trinajstić information content (AvgIpc) is 2.65.